The molecule has 3 unspecified atom stereocenters. The number of aliphatic hydroxyl groups is 1. The van der Waals surface area contributed by atoms with Crippen LogP contribution in [0.5, 0.6) is 0 Å². The molecular formula is C15H29NO2. The number of aliphatic hydroxyl groups excluding tert-OH is 1. The Bertz CT molecular complexity index is 261. The van der Waals surface area contributed by atoms with Gasteiger partial charge in [-0.2, -0.15) is 0 Å². The summed E-state index contributed by atoms with van der Waals surface area (Å²) in [6.45, 7) is 7.51. The molecule has 2 aliphatic carbocycles. The van der Waals surface area contributed by atoms with Crippen LogP contribution in [0.4, 0.5) is 0 Å². The molecule has 2 saturated carbocycles. The summed E-state index contributed by atoms with van der Waals surface area (Å²) in [4.78, 5) is 0. The van der Waals surface area contributed by atoms with Gasteiger partial charge in [0.15, 0.2) is 0 Å². The van der Waals surface area contributed by atoms with E-state index in [0.717, 1.165) is 13.0 Å². The van der Waals surface area contributed by atoms with Gasteiger partial charge >= 0.3 is 0 Å². The van der Waals surface area contributed by atoms with Crippen molar-refractivity contribution in [1.29, 1.82) is 0 Å². The van der Waals surface area contributed by atoms with Gasteiger partial charge in [-0.25, -0.2) is 0 Å². The lowest BCUT2D eigenvalue weighted by atomic mass is 9.60. The Morgan fingerprint density at radius 3 is 2.50 bits per heavy atom. The quantitative estimate of drug-likeness (QED) is 0.765. The topological polar surface area (TPSA) is 41.5 Å². The van der Waals surface area contributed by atoms with Gasteiger partial charge in [0.05, 0.1) is 12.7 Å². The lowest BCUT2D eigenvalue weighted by Gasteiger charge is -2.55. The van der Waals surface area contributed by atoms with E-state index in [2.05, 4.69) is 26.1 Å². The minimum Gasteiger partial charge on any atom is -0.395 e. The molecule has 2 N–H and O–H groups in total. The largest absolute Gasteiger partial charge is 0.395 e. The van der Waals surface area contributed by atoms with Crippen LogP contribution in [0.1, 0.15) is 52.9 Å². The molecule has 2 fully saturated rings. The standard InChI is InChI=1S/C15H29NO2/c1-4-18-14-9-13(15(14)7-5-6-8-15)16-12(10-17)11(2)3/h11-14,16-17H,4-10H2,1-3H3. The summed E-state index contributed by atoms with van der Waals surface area (Å²) < 4.78 is 5.92. The third-order valence-electron chi connectivity index (χ3n) is 5.10. The zero-order valence-corrected chi connectivity index (χ0v) is 12.1. The van der Waals surface area contributed by atoms with Gasteiger partial charge in [-0.05, 0) is 32.1 Å². The predicted octanol–water partition coefficient (Wildman–Crippen LogP) is 2.33. The van der Waals surface area contributed by atoms with E-state index in [0.29, 0.717) is 23.5 Å². The van der Waals surface area contributed by atoms with Crippen LogP contribution in [0, 0.1) is 11.3 Å². The number of hydrogen-bond donors (Lipinski definition) is 2. The van der Waals surface area contributed by atoms with Gasteiger partial charge in [-0.15, -0.1) is 0 Å². The molecule has 3 nitrogen and oxygen atoms in total. The molecule has 0 aliphatic heterocycles. The number of ether oxygens (including phenoxy) is 1. The van der Waals surface area contributed by atoms with Gasteiger partial charge in [0, 0.05) is 24.1 Å². The molecule has 106 valence electrons. The van der Waals surface area contributed by atoms with Crippen molar-refractivity contribution in [2.75, 3.05) is 13.2 Å². The van der Waals surface area contributed by atoms with Crippen molar-refractivity contribution in [2.24, 2.45) is 11.3 Å². The minimum absolute atomic E-state index is 0.232. The van der Waals surface area contributed by atoms with E-state index in [1.807, 2.05) is 0 Å². The zero-order valence-electron chi connectivity index (χ0n) is 12.1. The van der Waals surface area contributed by atoms with Crippen LogP contribution < -0.4 is 5.32 Å². The summed E-state index contributed by atoms with van der Waals surface area (Å²) in [5.74, 6) is 0.486. The van der Waals surface area contributed by atoms with E-state index >= 15 is 0 Å². The van der Waals surface area contributed by atoms with Crippen LogP contribution in [0.2, 0.25) is 0 Å². The van der Waals surface area contributed by atoms with Crippen molar-refractivity contribution in [1.82, 2.24) is 5.32 Å². The first kappa shape index (κ1) is 14.3. The molecular weight excluding hydrogens is 226 g/mol. The Labute approximate surface area is 111 Å². The Hall–Kier alpha value is -0.120. The first-order chi connectivity index (χ1) is 8.64. The minimum atomic E-state index is 0.232. The highest BCUT2D eigenvalue weighted by Crippen LogP contribution is 2.54. The van der Waals surface area contributed by atoms with Gasteiger partial charge in [0.25, 0.3) is 0 Å². The Kier molecular flexibility index (Phi) is 4.68. The van der Waals surface area contributed by atoms with Gasteiger partial charge in [-0.3, -0.25) is 0 Å². The summed E-state index contributed by atoms with van der Waals surface area (Å²) in [5.41, 5.74) is 0.373. The molecule has 3 heteroatoms. The van der Waals surface area contributed by atoms with E-state index < -0.39 is 0 Å². The smallest absolute Gasteiger partial charge is 0.0661 e. The molecule has 0 bridgehead atoms. The molecule has 3 atom stereocenters. The zero-order chi connectivity index (χ0) is 13.2. The van der Waals surface area contributed by atoms with Crippen LogP contribution in [0.15, 0.2) is 0 Å². The lowest BCUT2D eigenvalue weighted by Crippen LogP contribution is -2.65. The maximum Gasteiger partial charge on any atom is 0.0661 e. The summed E-state index contributed by atoms with van der Waals surface area (Å²) in [5, 5.41) is 13.2. The van der Waals surface area contributed by atoms with E-state index in [9.17, 15) is 5.11 Å². The van der Waals surface area contributed by atoms with Crippen molar-refractivity contribution in [2.45, 2.75) is 71.1 Å². The molecule has 18 heavy (non-hydrogen) atoms. The third kappa shape index (κ3) is 2.45. The highest BCUT2D eigenvalue weighted by molar-refractivity contribution is 5.10. The van der Waals surface area contributed by atoms with Gasteiger partial charge < -0.3 is 15.2 Å². The number of rotatable bonds is 6. The molecule has 2 aliphatic rings. The summed E-state index contributed by atoms with van der Waals surface area (Å²) in [7, 11) is 0. The first-order valence-corrected chi connectivity index (χ1v) is 7.62. The Balaban J connectivity index is 1.97. The fourth-order valence-corrected chi connectivity index (χ4v) is 3.83. The van der Waals surface area contributed by atoms with Crippen molar-refractivity contribution < 1.29 is 9.84 Å². The second-order valence-corrected chi connectivity index (χ2v) is 6.37. The molecule has 0 heterocycles. The first-order valence-electron chi connectivity index (χ1n) is 7.62. The normalized spacial score (nSPS) is 31.8. The van der Waals surface area contributed by atoms with Gasteiger partial charge in [0.2, 0.25) is 0 Å². The maximum absolute atomic E-state index is 9.47. The van der Waals surface area contributed by atoms with Crippen molar-refractivity contribution in [3.05, 3.63) is 0 Å². The summed E-state index contributed by atoms with van der Waals surface area (Å²) in [6.07, 6.45) is 6.85. The van der Waals surface area contributed by atoms with Crippen molar-refractivity contribution >= 4 is 0 Å². The molecule has 0 aromatic carbocycles. The monoisotopic (exact) mass is 255 g/mol. The lowest BCUT2D eigenvalue weighted by molar-refractivity contribution is -0.134. The van der Waals surface area contributed by atoms with E-state index in [1.165, 1.54) is 25.7 Å². The predicted molar refractivity (Wildman–Crippen MR) is 73.6 cm³/mol. The SMILES string of the molecule is CCOC1CC(NC(CO)C(C)C)C12CCCC2. The summed E-state index contributed by atoms with van der Waals surface area (Å²) in [6, 6.07) is 0.783. The van der Waals surface area contributed by atoms with E-state index in [-0.39, 0.29) is 12.6 Å². The molecule has 1 spiro atoms. The van der Waals surface area contributed by atoms with Crippen LogP contribution >= 0.6 is 0 Å². The molecule has 0 amide bonds. The average molecular weight is 255 g/mol. The van der Waals surface area contributed by atoms with Crippen LogP contribution in [-0.4, -0.2) is 36.5 Å². The van der Waals surface area contributed by atoms with Crippen LogP contribution in [-0.2, 0) is 4.74 Å². The fraction of sp³-hybridized carbons (Fsp3) is 1.00. The highest BCUT2D eigenvalue weighted by Gasteiger charge is 2.56. The number of hydrogen-bond acceptors (Lipinski definition) is 3. The molecule has 2 rings (SSSR count). The van der Waals surface area contributed by atoms with Crippen molar-refractivity contribution in [3.63, 3.8) is 0 Å². The Morgan fingerprint density at radius 2 is 2.00 bits per heavy atom. The Morgan fingerprint density at radius 1 is 1.33 bits per heavy atom. The van der Waals surface area contributed by atoms with E-state index in [4.69, 9.17) is 4.74 Å². The summed E-state index contributed by atoms with van der Waals surface area (Å²) >= 11 is 0. The molecule has 0 aromatic heterocycles. The second-order valence-electron chi connectivity index (χ2n) is 6.37. The average Bonchev–Trinajstić information content (AvgIpc) is 2.84. The molecule has 0 radical (unpaired) electrons. The fourth-order valence-electron chi connectivity index (χ4n) is 3.83. The van der Waals surface area contributed by atoms with Crippen LogP contribution in [0.25, 0.3) is 0 Å². The van der Waals surface area contributed by atoms with Crippen molar-refractivity contribution in [3.8, 4) is 0 Å². The molecule has 0 aromatic rings. The second kappa shape index (κ2) is 5.89. The van der Waals surface area contributed by atoms with Gasteiger partial charge in [0.1, 0.15) is 0 Å². The highest BCUT2D eigenvalue weighted by atomic mass is 16.5. The van der Waals surface area contributed by atoms with Crippen LogP contribution in [0.3, 0.4) is 0 Å². The number of nitrogens with one attached hydrogen (secondary N) is 1. The molecule has 0 saturated heterocycles. The third-order valence-corrected chi connectivity index (χ3v) is 5.10. The van der Waals surface area contributed by atoms with Gasteiger partial charge in [-0.1, -0.05) is 26.7 Å². The van der Waals surface area contributed by atoms with E-state index in [1.54, 1.807) is 0 Å². The maximum atomic E-state index is 9.47.